The van der Waals surface area contributed by atoms with E-state index in [0.29, 0.717) is 16.8 Å². The molecular weight excluding hydrogens is 307 g/mol. The van der Waals surface area contributed by atoms with Crippen molar-refractivity contribution >= 4 is 21.6 Å². The molecule has 0 aromatic heterocycles. The maximum Gasteiger partial charge on any atom is 0.251 e. The predicted molar refractivity (Wildman–Crippen MR) is 82.5 cm³/mol. The van der Waals surface area contributed by atoms with Gasteiger partial charge in [-0.05, 0) is 35.9 Å². The smallest absolute Gasteiger partial charge is 0.251 e. The Hall–Kier alpha value is -2.41. The van der Waals surface area contributed by atoms with E-state index < -0.39 is 10.0 Å². The fraction of sp³-hybridized carbons (Fsp3) is 0.133. The summed E-state index contributed by atoms with van der Waals surface area (Å²) in [6, 6.07) is 12.0. The summed E-state index contributed by atoms with van der Waals surface area (Å²) in [5.41, 5.74) is 1.25. The zero-order chi connectivity index (χ0) is 16.2. The van der Waals surface area contributed by atoms with Gasteiger partial charge in [-0.15, -0.1) is 0 Å². The number of hydrogen-bond acceptors (Lipinski definition) is 3. The normalized spacial score (nSPS) is 11.0. The zero-order valence-electron chi connectivity index (χ0n) is 11.8. The molecule has 0 aliphatic heterocycles. The molecule has 0 atom stereocenters. The lowest BCUT2D eigenvalue weighted by Crippen LogP contribution is -2.23. The molecule has 2 rings (SSSR count). The van der Waals surface area contributed by atoms with Crippen LogP contribution in [0.15, 0.2) is 48.5 Å². The molecule has 0 radical (unpaired) electrons. The van der Waals surface area contributed by atoms with Crippen molar-refractivity contribution in [3.63, 3.8) is 0 Å². The van der Waals surface area contributed by atoms with Gasteiger partial charge in [0.05, 0.1) is 6.26 Å². The molecule has 5 nitrogen and oxygen atoms in total. The quantitative estimate of drug-likeness (QED) is 0.885. The summed E-state index contributed by atoms with van der Waals surface area (Å²) >= 11 is 0. The van der Waals surface area contributed by atoms with Crippen LogP contribution in [-0.4, -0.2) is 20.6 Å². The van der Waals surface area contributed by atoms with Crippen molar-refractivity contribution in [2.75, 3.05) is 11.0 Å². The van der Waals surface area contributed by atoms with Gasteiger partial charge < -0.3 is 5.32 Å². The third-order valence-electron chi connectivity index (χ3n) is 2.77. The lowest BCUT2D eigenvalue weighted by molar-refractivity contribution is 0.0951. The van der Waals surface area contributed by atoms with Gasteiger partial charge in [0.1, 0.15) is 5.82 Å². The molecule has 0 aliphatic rings. The number of rotatable bonds is 5. The Morgan fingerprint density at radius 2 is 1.86 bits per heavy atom. The molecule has 0 aliphatic carbocycles. The molecule has 0 fully saturated rings. The number of sulfonamides is 1. The first-order valence-corrected chi connectivity index (χ1v) is 8.33. The van der Waals surface area contributed by atoms with Gasteiger partial charge in [-0.2, -0.15) is 0 Å². The largest absolute Gasteiger partial charge is 0.348 e. The van der Waals surface area contributed by atoms with E-state index in [1.165, 1.54) is 18.2 Å². The first kappa shape index (κ1) is 16.0. The monoisotopic (exact) mass is 322 g/mol. The Morgan fingerprint density at radius 1 is 1.14 bits per heavy atom. The molecule has 7 heteroatoms. The molecule has 1 amide bonds. The average molecular weight is 322 g/mol. The highest BCUT2D eigenvalue weighted by atomic mass is 32.2. The molecular formula is C15H15FN2O3S. The topological polar surface area (TPSA) is 75.3 Å². The van der Waals surface area contributed by atoms with Gasteiger partial charge in [-0.3, -0.25) is 9.52 Å². The van der Waals surface area contributed by atoms with Crippen LogP contribution >= 0.6 is 0 Å². The number of halogens is 1. The molecule has 2 aromatic carbocycles. The maximum absolute atomic E-state index is 13.0. The average Bonchev–Trinajstić information content (AvgIpc) is 2.43. The number of anilines is 1. The van der Waals surface area contributed by atoms with E-state index in [9.17, 15) is 17.6 Å². The molecule has 116 valence electrons. The summed E-state index contributed by atoms with van der Waals surface area (Å²) in [6.07, 6.45) is 1.03. The summed E-state index contributed by atoms with van der Waals surface area (Å²) in [5.74, 6) is -0.743. The Morgan fingerprint density at radius 3 is 2.55 bits per heavy atom. The van der Waals surface area contributed by atoms with Crippen molar-refractivity contribution in [3.05, 3.63) is 65.5 Å². The van der Waals surface area contributed by atoms with Gasteiger partial charge in [0.2, 0.25) is 10.0 Å². The highest BCUT2D eigenvalue weighted by Gasteiger charge is 2.08. The lowest BCUT2D eigenvalue weighted by Gasteiger charge is -2.08. The number of carbonyl (C=O) groups excluding carboxylic acids is 1. The number of carbonyl (C=O) groups is 1. The molecule has 22 heavy (non-hydrogen) atoms. The van der Waals surface area contributed by atoms with E-state index in [-0.39, 0.29) is 18.3 Å². The number of hydrogen-bond donors (Lipinski definition) is 2. The van der Waals surface area contributed by atoms with E-state index in [1.54, 1.807) is 30.3 Å². The van der Waals surface area contributed by atoms with Gasteiger partial charge in [0.25, 0.3) is 5.91 Å². The summed E-state index contributed by atoms with van der Waals surface area (Å²) in [7, 11) is -3.40. The lowest BCUT2D eigenvalue weighted by atomic mass is 10.1. The van der Waals surface area contributed by atoms with Gasteiger partial charge in [0, 0.05) is 17.8 Å². The second-order valence-electron chi connectivity index (χ2n) is 4.77. The Kier molecular flexibility index (Phi) is 4.77. The van der Waals surface area contributed by atoms with E-state index in [0.717, 1.165) is 6.26 Å². The maximum atomic E-state index is 13.0. The Labute approximate surface area is 128 Å². The molecule has 0 bridgehead atoms. The first-order chi connectivity index (χ1) is 10.3. The summed E-state index contributed by atoms with van der Waals surface area (Å²) in [6.45, 7) is 0.181. The summed E-state index contributed by atoms with van der Waals surface area (Å²) in [4.78, 5) is 12.0. The van der Waals surface area contributed by atoms with Crippen LogP contribution in [0.4, 0.5) is 10.1 Å². The van der Waals surface area contributed by atoms with Crippen LogP contribution in [-0.2, 0) is 16.6 Å². The third kappa shape index (κ3) is 4.85. The third-order valence-corrected chi connectivity index (χ3v) is 3.38. The molecule has 2 N–H and O–H groups in total. The van der Waals surface area contributed by atoms with Crippen LogP contribution in [0, 0.1) is 5.82 Å². The van der Waals surface area contributed by atoms with E-state index >= 15 is 0 Å². The van der Waals surface area contributed by atoms with Gasteiger partial charge in [0.15, 0.2) is 0 Å². The van der Waals surface area contributed by atoms with Gasteiger partial charge in [-0.1, -0.05) is 18.2 Å². The van der Waals surface area contributed by atoms with Gasteiger partial charge in [-0.25, -0.2) is 12.8 Å². The summed E-state index contributed by atoms with van der Waals surface area (Å²) < 4.78 is 37.7. The summed E-state index contributed by atoms with van der Waals surface area (Å²) in [5, 5.41) is 2.65. The van der Waals surface area contributed by atoms with Crippen molar-refractivity contribution in [3.8, 4) is 0 Å². The standard InChI is InChI=1S/C15H15FN2O3S/c1-22(20,21)18-14-7-3-5-12(9-14)15(19)17-10-11-4-2-6-13(16)8-11/h2-9,18H,10H2,1H3,(H,17,19). The fourth-order valence-corrected chi connectivity index (χ4v) is 2.42. The van der Waals surface area contributed by atoms with Crippen molar-refractivity contribution in [2.24, 2.45) is 0 Å². The van der Waals surface area contributed by atoms with Crippen LogP contribution < -0.4 is 10.0 Å². The van der Waals surface area contributed by atoms with E-state index in [2.05, 4.69) is 10.0 Å². The predicted octanol–water partition coefficient (Wildman–Crippen LogP) is 2.13. The van der Waals surface area contributed by atoms with Crippen LogP contribution in [0.25, 0.3) is 0 Å². The van der Waals surface area contributed by atoms with E-state index in [1.807, 2.05) is 0 Å². The van der Waals surface area contributed by atoms with Crippen molar-refractivity contribution < 1.29 is 17.6 Å². The molecule has 2 aromatic rings. The number of nitrogens with one attached hydrogen (secondary N) is 2. The minimum Gasteiger partial charge on any atom is -0.348 e. The highest BCUT2D eigenvalue weighted by Crippen LogP contribution is 2.12. The SMILES string of the molecule is CS(=O)(=O)Nc1cccc(C(=O)NCc2cccc(F)c2)c1. The van der Waals surface area contributed by atoms with Crippen molar-refractivity contribution in [1.82, 2.24) is 5.32 Å². The minimum atomic E-state index is -3.40. The highest BCUT2D eigenvalue weighted by molar-refractivity contribution is 7.92. The molecule has 0 spiro atoms. The van der Waals surface area contributed by atoms with Crippen LogP contribution in [0.2, 0.25) is 0 Å². The van der Waals surface area contributed by atoms with E-state index in [4.69, 9.17) is 0 Å². The second kappa shape index (κ2) is 6.57. The molecule has 0 saturated heterocycles. The van der Waals surface area contributed by atoms with Crippen LogP contribution in [0.3, 0.4) is 0 Å². The van der Waals surface area contributed by atoms with Crippen molar-refractivity contribution in [1.29, 1.82) is 0 Å². The second-order valence-corrected chi connectivity index (χ2v) is 6.52. The van der Waals surface area contributed by atoms with Crippen LogP contribution in [0.5, 0.6) is 0 Å². The Bertz CT molecular complexity index is 791. The molecule has 0 saturated carbocycles. The first-order valence-electron chi connectivity index (χ1n) is 6.44. The number of amides is 1. The Balaban J connectivity index is 2.05. The number of benzene rings is 2. The minimum absolute atomic E-state index is 0.181. The van der Waals surface area contributed by atoms with Crippen LogP contribution in [0.1, 0.15) is 15.9 Å². The van der Waals surface area contributed by atoms with Gasteiger partial charge >= 0.3 is 0 Å². The molecule has 0 unspecified atom stereocenters. The van der Waals surface area contributed by atoms with Crippen molar-refractivity contribution in [2.45, 2.75) is 6.54 Å². The molecule has 0 heterocycles. The zero-order valence-corrected chi connectivity index (χ0v) is 12.7. The fourth-order valence-electron chi connectivity index (χ4n) is 1.87.